The average molecular weight is 392 g/mol. The molecule has 0 rings (SSSR count). The van der Waals surface area contributed by atoms with E-state index in [4.69, 9.17) is 9.84 Å². The van der Waals surface area contributed by atoms with Crippen molar-refractivity contribution in [1.82, 2.24) is 5.32 Å². The van der Waals surface area contributed by atoms with Gasteiger partial charge in [0.15, 0.2) is 0 Å². The zero-order chi connectivity index (χ0) is 20.7. The van der Waals surface area contributed by atoms with Gasteiger partial charge >= 0.3 is 6.09 Å². The first-order valence-corrected chi connectivity index (χ1v) is 10.9. The van der Waals surface area contributed by atoms with E-state index in [0.29, 0.717) is 6.54 Å². The lowest BCUT2D eigenvalue weighted by Crippen LogP contribution is -2.27. The standard InChI is InChI=1S/C24H41NO3/c1-3-4-5-6-7-8-9-10-11-12-13-14-15-16-17-18-19-20-21-25-24(27)28-22-23(2)26/h7-8,10-11,13-14,16-17,23,26H,3-6,9,12,15,18-22H2,1-2H3,(H,25,27)/b8-7-,11-10-,14-13-,17-16-/t23-/m0/s1. The van der Waals surface area contributed by atoms with Gasteiger partial charge in [0, 0.05) is 6.54 Å². The fourth-order valence-electron chi connectivity index (χ4n) is 2.39. The SMILES string of the molecule is CCCCC/C=C\C/C=C\C/C=C\C/C=C\CCCCNC(=O)OC[C@H](C)O. The minimum absolute atomic E-state index is 0.0358. The molecule has 0 saturated heterocycles. The minimum Gasteiger partial charge on any atom is -0.447 e. The molecule has 0 spiro atoms. The average Bonchev–Trinajstić information content (AvgIpc) is 2.68. The van der Waals surface area contributed by atoms with Crippen LogP contribution < -0.4 is 5.32 Å². The van der Waals surface area contributed by atoms with Crippen LogP contribution in [0.5, 0.6) is 0 Å². The number of rotatable bonds is 17. The monoisotopic (exact) mass is 391 g/mol. The number of carbonyl (C=O) groups excluding carboxylic acids is 1. The highest BCUT2D eigenvalue weighted by atomic mass is 16.6. The van der Waals surface area contributed by atoms with E-state index in [9.17, 15) is 4.79 Å². The van der Waals surface area contributed by atoms with Crippen LogP contribution in [0, 0.1) is 0 Å². The van der Waals surface area contributed by atoms with Crippen molar-refractivity contribution in [1.29, 1.82) is 0 Å². The molecule has 0 aliphatic heterocycles. The van der Waals surface area contributed by atoms with E-state index in [0.717, 1.165) is 38.5 Å². The fraction of sp³-hybridized carbons (Fsp3) is 0.625. The Morgan fingerprint density at radius 3 is 1.86 bits per heavy atom. The highest BCUT2D eigenvalue weighted by molar-refractivity contribution is 5.67. The zero-order valence-electron chi connectivity index (χ0n) is 17.9. The molecule has 160 valence electrons. The van der Waals surface area contributed by atoms with Crippen LogP contribution in [-0.2, 0) is 4.74 Å². The van der Waals surface area contributed by atoms with Gasteiger partial charge in [-0.3, -0.25) is 0 Å². The molecule has 0 aliphatic rings. The summed E-state index contributed by atoms with van der Waals surface area (Å²) in [6.45, 7) is 4.46. The third-order valence-electron chi connectivity index (χ3n) is 3.98. The molecule has 0 aromatic rings. The van der Waals surface area contributed by atoms with Crippen LogP contribution in [0.2, 0.25) is 0 Å². The lowest BCUT2D eigenvalue weighted by molar-refractivity contribution is 0.0780. The maximum atomic E-state index is 11.3. The summed E-state index contributed by atoms with van der Waals surface area (Å²) in [5.41, 5.74) is 0. The zero-order valence-corrected chi connectivity index (χ0v) is 17.9. The molecule has 0 aromatic heterocycles. The second-order valence-corrected chi connectivity index (χ2v) is 6.96. The number of carbonyl (C=O) groups is 1. The molecule has 0 unspecified atom stereocenters. The number of ether oxygens (including phenoxy) is 1. The second kappa shape index (κ2) is 21.5. The Balaban J connectivity index is 3.42. The third kappa shape index (κ3) is 22.2. The molecule has 28 heavy (non-hydrogen) atoms. The van der Waals surface area contributed by atoms with E-state index in [1.807, 2.05) is 0 Å². The van der Waals surface area contributed by atoms with Crippen LogP contribution in [0.3, 0.4) is 0 Å². The number of hydrogen-bond donors (Lipinski definition) is 2. The molecule has 4 nitrogen and oxygen atoms in total. The topological polar surface area (TPSA) is 58.6 Å². The van der Waals surface area contributed by atoms with Crippen LogP contribution in [0.1, 0.15) is 78.1 Å². The summed E-state index contributed by atoms with van der Waals surface area (Å²) < 4.78 is 4.81. The van der Waals surface area contributed by atoms with Crippen LogP contribution in [0.15, 0.2) is 48.6 Å². The second-order valence-electron chi connectivity index (χ2n) is 6.96. The predicted molar refractivity (Wildman–Crippen MR) is 119 cm³/mol. The molecular weight excluding hydrogens is 350 g/mol. The number of unbranched alkanes of at least 4 members (excludes halogenated alkanes) is 5. The van der Waals surface area contributed by atoms with E-state index in [-0.39, 0.29) is 6.61 Å². The Morgan fingerprint density at radius 1 is 0.857 bits per heavy atom. The summed E-state index contributed by atoms with van der Waals surface area (Å²) in [5, 5.41) is 11.7. The molecule has 0 saturated carbocycles. The third-order valence-corrected chi connectivity index (χ3v) is 3.98. The van der Waals surface area contributed by atoms with E-state index < -0.39 is 12.2 Å². The van der Waals surface area contributed by atoms with Crippen molar-refractivity contribution in [2.45, 2.75) is 84.2 Å². The van der Waals surface area contributed by atoms with Crippen molar-refractivity contribution >= 4 is 6.09 Å². The predicted octanol–water partition coefficient (Wildman–Crippen LogP) is 6.24. The van der Waals surface area contributed by atoms with Crippen LogP contribution in [0.25, 0.3) is 0 Å². The van der Waals surface area contributed by atoms with Crippen molar-refractivity contribution in [3.8, 4) is 0 Å². The number of hydrogen-bond acceptors (Lipinski definition) is 3. The summed E-state index contributed by atoms with van der Waals surface area (Å²) in [7, 11) is 0. The fourth-order valence-corrected chi connectivity index (χ4v) is 2.39. The molecule has 2 N–H and O–H groups in total. The summed E-state index contributed by atoms with van der Waals surface area (Å²) in [6.07, 6.45) is 27.8. The van der Waals surface area contributed by atoms with Gasteiger partial charge in [-0.05, 0) is 58.3 Å². The smallest absolute Gasteiger partial charge is 0.407 e. The van der Waals surface area contributed by atoms with Gasteiger partial charge in [-0.2, -0.15) is 0 Å². The lowest BCUT2D eigenvalue weighted by atomic mass is 10.2. The summed E-state index contributed by atoms with van der Waals surface area (Å²) in [6, 6.07) is 0. The molecule has 1 atom stereocenters. The van der Waals surface area contributed by atoms with Gasteiger partial charge in [0.05, 0.1) is 6.10 Å². The summed E-state index contributed by atoms with van der Waals surface area (Å²) in [4.78, 5) is 11.3. The van der Waals surface area contributed by atoms with Crippen molar-refractivity contribution < 1.29 is 14.6 Å². The van der Waals surface area contributed by atoms with Gasteiger partial charge < -0.3 is 15.2 Å². The number of amides is 1. The van der Waals surface area contributed by atoms with Gasteiger partial charge in [-0.25, -0.2) is 4.79 Å². The molecule has 0 bridgehead atoms. The molecule has 0 heterocycles. The van der Waals surface area contributed by atoms with E-state index in [2.05, 4.69) is 60.8 Å². The first-order valence-electron chi connectivity index (χ1n) is 10.9. The van der Waals surface area contributed by atoms with Gasteiger partial charge in [-0.1, -0.05) is 68.4 Å². The maximum absolute atomic E-state index is 11.3. The summed E-state index contributed by atoms with van der Waals surface area (Å²) >= 11 is 0. The Bertz CT molecular complexity index is 464. The van der Waals surface area contributed by atoms with Gasteiger partial charge in [0.1, 0.15) is 6.61 Å². The summed E-state index contributed by atoms with van der Waals surface area (Å²) in [5.74, 6) is 0. The number of aliphatic hydroxyl groups excluding tert-OH is 1. The first kappa shape index (κ1) is 26.2. The number of aliphatic hydroxyl groups is 1. The quantitative estimate of drug-likeness (QED) is 0.228. The van der Waals surface area contributed by atoms with Crippen molar-refractivity contribution in [2.75, 3.05) is 13.2 Å². The maximum Gasteiger partial charge on any atom is 0.407 e. The van der Waals surface area contributed by atoms with Gasteiger partial charge in [0.25, 0.3) is 0 Å². The number of nitrogens with one attached hydrogen (secondary N) is 1. The van der Waals surface area contributed by atoms with Crippen LogP contribution >= 0.6 is 0 Å². The lowest BCUT2D eigenvalue weighted by Gasteiger charge is -2.07. The van der Waals surface area contributed by atoms with Crippen molar-refractivity contribution in [3.05, 3.63) is 48.6 Å². The Hall–Kier alpha value is -1.81. The number of allylic oxidation sites excluding steroid dienone is 8. The molecule has 1 amide bonds. The first-order chi connectivity index (χ1) is 13.7. The number of alkyl carbamates (subject to hydrolysis) is 1. The molecule has 4 heteroatoms. The van der Waals surface area contributed by atoms with Crippen molar-refractivity contribution in [2.24, 2.45) is 0 Å². The highest BCUT2D eigenvalue weighted by Crippen LogP contribution is 2.01. The molecule has 0 aromatic carbocycles. The molecular formula is C24H41NO3. The van der Waals surface area contributed by atoms with Crippen LogP contribution in [0.4, 0.5) is 4.79 Å². The van der Waals surface area contributed by atoms with Crippen LogP contribution in [-0.4, -0.2) is 30.5 Å². The van der Waals surface area contributed by atoms with Gasteiger partial charge in [-0.15, -0.1) is 0 Å². The molecule has 0 aliphatic carbocycles. The Morgan fingerprint density at radius 2 is 1.36 bits per heavy atom. The van der Waals surface area contributed by atoms with E-state index in [1.165, 1.54) is 25.7 Å². The van der Waals surface area contributed by atoms with E-state index >= 15 is 0 Å². The van der Waals surface area contributed by atoms with Gasteiger partial charge in [0.2, 0.25) is 0 Å². The minimum atomic E-state index is -0.622. The Labute approximate surface area is 172 Å². The van der Waals surface area contributed by atoms with E-state index in [1.54, 1.807) is 6.92 Å². The van der Waals surface area contributed by atoms with Crippen molar-refractivity contribution in [3.63, 3.8) is 0 Å². The Kier molecular flexibility index (Phi) is 20.1. The normalized spacial score (nSPS) is 13.2. The highest BCUT2D eigenvalue weighted by Gasteiger charge is 2.02. The largest absolute Gasteiger partial charge is 0.447 e. The molecule has 0 radical (unpaired) electrons. The molecule has 0 fully saturated rings.